The molecule has 0 saturated carbocycles. The van der Waals surface area contributed by atoms with Crippen molar-refractivity contribution in [2.45, 2.75) is 13.8 Å². The van der Waals surface area contributed by atoms with Gasteiger partial charge in [0.15, 0.2) is 0 Å². The van der Waals surface area contributed by atoms with Crippen LogP contribution in [0.3, 0.4) is 0 Å². The number of benzene rings is 1. The van der Waals surface area contributed by atoms with Crippen LogP contribution in [0.5, 0.6) is 5.75 Å². The predicted octanol–water partition coefficient (Wildman–Crippen LogP) is 2.49. The van der Waals surface area contributed by atoms with E-state index >= 15 is 0 Å². The van der Waals surface area contributed by atoms with E-state index in [-0.39, 0.29) is 0 Å². The van der Waals surface area contributed by atoms with Gasteiger partial charge in [0.2, 0.25) is 10.5 Å². The molecule has 5 heteroatoms. The van der Waals surface area contributed by atoms with Crippen molar-refractivity contribution in [2.75, 3.05) is 13.2 Å². The normalized spacial score (nSPS) is 8.83. The largest absolute Gasteiger partial charge is 0.493 e. The van der Waals surface area contributed by atoms with E-state index in [2.05, 4.69) is 26.2 Å². The van der Waals surface area contributed by atoms with Crippen LogP contribution in [0, 0.1) is 0 Å². The molecule has 0 N–H and O–H groups in total. The molecule has 1 aromatic carbocycles. The number of para-hydroxylation sites is 1. The minimum Gasteiger partial charge on any atom is -0.493 e. The van der Waals surface area contributed by atoms with Gasteiger partial charge in [-0.2, -0.15) is 0 Å². The Kier molecular flexibility index (Phi) is 9.62. The highest BCUT2D eigenvalue weighted by molar-refractivity contribution is 5.97. The van der Waals surface area contributed by atoms with Crippen LogP contribution in [0.25, 0.3) is 0 Å². The molecule has 0 heterocycles. The van der Waals surface area contributed by atoms with Crippen molar-refractivity contribution in [3.05, 3.63) is 42.7 Å². The molecular weight excluding hydrogens is 248 g/mol. The minimum absolute atomic E-state index is 0.411. The summed E-state index contributed by atoms with van der Waals surface area (Å²) in [5.41, 5.74) is 0.411. The Morgan fingerprint density at radius 1 is 1.33 bits per heavy atom. The molecule has 0 aliphatic heterocycles. The van der Waals surface area contributed by atoms with Gasteiger partial charge in [-0.25, -0.2) is 4.79 Å². The molecule has 0 aliphatic rings. The first-order valence-corrected chi connectivity index (χ1v) is 5.94. The summed E-state index contributed by atoms with van der Waals surface area (Å²) in [6, 6.07) is 6.93. The maximum atomic E-state index is 11.4. The molecule has 0 spiro atoms. The first-order valence-electron chi connectivity index (χ1n) is 5.53. The number of hydrogen-bond donors (Lipinski definition) is 0. The smallest absolute Gasteiger partial charge is 0.346 e. The fourth-order valence-corrected chi connectivity index (χ4v) is 1.06. The van der Waals surface area contributed by atoms with Gasteiger partial charge >= 0.3 is 5.97 Å². The second kappa shape index (κ2) is 10.6. The quantitative estimate of drug-likeness (QED) is 0.466. The molecule has 18 heavy (non-hydrogen) atoms. The molecule has 0 fully saturated rings. The van der Waals surface area contributed by atoms with Crippen LogP contribution in [-0.4, -0.2) is 29.7 Å². The molecule has 0 aromatic heterocycles. The average molecular weight is 265 g/mol. The molecule has 0 aliphatic carbocycles. The van der Waals surface area contributed by atoms with Crippen LogP contribution in [0.2, 0.25) is 0 Å². The van der Waals surface area contributed by atoms with E-state index < -0.39 is 5.97 Å². The van der Waals surface area contributed by atoms with Gasteiger partial charge in [0, 0.05) is 6.61 Å². The lowest BCUT2D eigenvalue weighted by Crippen LogP contribution is -2.04. The molecule has 1 rings (SSSR count). The lowest BCUT2D eigenvalue weighted by molar-refractivity contribution is 0.0660. The molecule has 0 unspecified atom stereocenters. The first kappa shape index (κ1) is 16.4. The van der Waals surface area contributed by atoms with Crippen molar-refractivity contribution in [1.82, 2.24) is 0 Å². The molecule has 97 valence electrons. The fourth-order valence-electron chi connectivity index (χ4n) is 1.06. The van der Waals surface area contributed by atoms with Gasteiger partial charge in [0.25, 0.3) is 0 Å². The predicted molar refractivity (Wildman–Crippen MR) is 70.6 cm³/mol. The monoisotopic (exact) mass is 265 g/mol. The molecule has 3 radical (unpaired) electrons. The van der Waals surface area contributed by atoms with Gasteiger partial charge < -0.3 is 13.9 Å². The Labute approximate surface area is 111 Å². The zero-order valence-electron chi connectivity index (χ0n) is 10.6. The van der Waals surface area contributed by atoms with Gasteiger partial charge in [-0.3, -0.25) is 0 Å². The third-order valence-electron chi connectivity index (χ3n) is 1.74. The Balaban J connectivity index is 0.000000631. The van der Waals surface area contributed by atoms with E-state index in [1.807, 2.05) is 13.8 Å². The van der Waals surface area contributed by atoms with Gasteiger partial charge in [-0.1, -0.05) is 18.7 Å². The van der Waals surface area contributed by atoms with E-state index in [1.165, 1.54) is 0 Å². The van der Waals surface area contributed by atoms with Crippen LogP contribution in [-0.2, 0) is 9.16 Å². The maximum Gasteiger partial charge on any atom is 0.346 e. The van der Waals surface area contributed by atoms with Gasteiger partial charge in [-0.15, -0.1) is 0 Å². The standard InChI is InChI=1S/C11H12O3.C2H5OSi/c1-3-13-10-8-6-5-7-9(10)11(12)14-4-2;1-2-3-4/h4-8H,2-3H2,1H3;2H2,1H3. The van der Waals surface area contributed by atoms with Crippen LogP contribution >= 0.6 is 0 Å². The van der Waals surface area contributed by atoms with Crippen molar-refractivity contribution < 1.29 is 18.7 Å². The Hall–Kier alpha value is -1.59. The molecule has 4 nitrogen and oxygen atoms in total. The molecule has 1 aromatic rings. The van der Waals surface area contributed by atoms with Crippen LogP contribution in [0.1, 0.15) is 24.2 Å². The second-order valence-corrected chi connectivity index (χ2v) is 3.22. The van der Waals surface area contributed by atoms with Crippen LogP contribution in [0.15, 0.2) is 37.1 Å². The Morgan fingerprint density at radius 2 is 1.94 bits per heavy atom. The summed E-state index contributed by atoms with van der Waals surface area (Å²) in [6.07, 6.45) is 1.10. The van der Waals surface area contributed by atoms with Gasteiger partial charge in [-0.05, 0) is 26.0 Å². The van der Waals surface area contributed by atoms with Crippen molar-refractivity contribution in [1.29, 1.82) is 0 Å². The van der Waals surface area contributed by atoms with E-state index in [9.17, 15) is 4.79 Å². The topological polar surface area (TPSA) is 44.8 Å². The summed E-state index contributed by atoms with van der Waals surface area (Å²) >= 11 is 0. The molecule has 0 amide bonds. The van der Waals surface area contributed by atoms with E-state index in [0.29, 0.717) is 17.9 Å². The number of carbonyl (C=O) groups is 1. The molecule has 0 saturated heterocycles. The van der Waals surface area contributed by atoms with E-state index in [4.69, 9.17) is 4.74 Å². The lowest BCUT2D eigenvalue weighted by Gasteiger charge is -2.07. The zero-order valence-corrected chi connectivity index (χ0v) is 11.6. The van der Waals surface area contributed by atoms with Crippen molar-refractivity contribution in [3.63, 3.8) is 0 Å². The van der Waals surface area contributed by atoms with Crippen LogP contribution < -0.4 is 4.74 Å². The SMILES string of the molecule is C=COC(=O)c1ccccc1OCC.CCO[Si]. The lowest BCUT2D eigenvalue weighted by atomic mass is 10.2. The molecular formula is C13H17O4Si. The summed E-state index contributed by atoms with van der Waals surface area (Å²) in [6.45, 7) is 8.33. The molecule has 0 atom stereocenters. The highest BCUT2D eigenvalue weighted by atomic mass is 28.2. The maximum absolute atomic E-state index is 11.4. The first-order chi connectivity index (χ1) is 8.71. The third kappa shape index (κ3) is 6.22. The summed E-state index contributed by atoms with van der Waals surface area (Å²) in [5.74, 6) is 0.0749. The van der Waals surface area contributed by atoms with E-state index in [1.54, 1.807) is 24.3 Å². The number of hydrogen-bond acceptors (Lipinski definition) is 4. The fraction of sp³-hybridized carbons (Fsp3) is 0.308. The van der Waals surface area contributed by atoms with E-state index in [0.717, 1.165) is 12.9 Å². The van der Waals surface area contributed by atoms with Crippen LogP contribution in [0.4, 0.5) is 0 Å². The summed E-state index contributed by atoms with van der Waals surface area (Å²) in [4.78, 5) is 11.4. The Bertz CT molecular complexity index is 364. The summed E-state index contributed by atoms with van der Waals surface area (Å²) in [7, 11) is 2.79. The minimum atomic E-state index is -0.455. The van der Waals surface area contributed by atoms with Crippen molar-refractivity contribution >= 4 is 16.5 Å². The third-order valence-corrected chi connectivity index (χ3v) is 2.03. The average Bonchev–Trinajstić information content (AvgIpc) is 2.40. The highest BCUT2D eigenvalue weighted by Crippen LogP contribution is 2.18. The number of ether oxygens (including phenoxy) is 2. The summed E-state index contributed by atoms with van der Waals surface area (Å²) in [5, 5.41) is 0. The van der Waals surface area contributed by atoms with Gasteiger partial charge in [0.05, 0.1) is 12.9 Å². The second-order valence-electron chi connectivity index (χ2n) is 2.93. The Morgan fingerprint density at radius 3 is 2.44 bits per heavy atom. The van der Waals surface area contributed by atoms with Gasteiger partial charge in [0.1, 0.15) is 11.3 Å². The molecule has 0 bridgehead atoms. The van der Waals surface area contributed by atoms with Crippen molar-refractivity contribution in [3.8, 4) is 5.75 Å². The number of esters is 1. The zero-order chi connectivity index (χ0) is 13.8. The number of rotatable bonds is 5. The number of carbonyl (C=O) groups excluding carboxylic acids is 1. The van der Waals surface area contributed by atoms with Crippen molar-refractivity contribution in [2.24, 2.45) is 0 Å². The highest BCUT2D eigenvalue weighted by Gasteiger charge is 2.11. The summed E-state index contributed by atoms with van der Waals surface area (Å²) < 4.78 is 14.3.